The SMILES string of the molecule is C=C(C)C(=O)OC(F)C(F)(F)C(F)(F)C(F)(F)C(F)(F)C(F)(F)C(F)(F)C(F)(F)C(F)(F)C(F)F. The van der Waals surface area contributed by atoms with Crippen LogP contribution in [-0.4, -0.2) is 66.1 Å². The second-order valence-electron chi connectivity index (χ2n) is 6.49. The van der Waals surface area contributed by atoms with Crippen LogP contribution in [0, 0.1) is 0 Å². The van der Waals surface area contributed by atoms with Gasteiger partial charge in [0.05, 0.1) is 0 Å². The van der Waals surface area contributed by atoms with E-state index in [-0.39, 0.29) is 0 Å². The second-order valence-corrected chi connectivity index (χ2v) is 6.49. The molecular weight excluding hydrogens is 561 g/mol. The number of halogens is 19. The lowest BCUT2D eigenvalue weighted by Gasteiger charge is -2.43. The summed E-state index contributed by atoms with van der Waals surface area (Å²) >= 11 is 0. The van der Waals surface area contributed by atoms with Crippen LogP contribution in [-0.2, 0) is 9.53 Å². The molecule has 35 heavy (non-hydrogen) atoms. The lowest BCUT2D eigenvalue weighted by molar-refractivity contribution is -0.462. The van der Waals surface area contributed by atoms with Gasteiger partial charge in [0.2, 0.25) is 0 Å². The number of rotatable bonds is 11. The Morgan fingerprint density at radius 2 is 0.829 bits per heavy atom. The summed E-state index contributed by atoms with van der Waals surface area (Å²) < 4.78 is 252. The topological polar surface area (TPSA) is 26.3 Å². The number of hydrogen-bond donors (Lipinski definition) is 0. The largest absolute Gasteiger partial charge is 0.421 e. The van der Waals surface area contributed by atoms with Crippen LogP contribution < -0.4 is 0 Å². The standard InChI is InChI=1S/C14H7F19O2/c1-3(2)4(34)35-6(17)8(20,21)10(24,25)12(28,29)14(32,33)13(30,31)11(26,27)9(22,23)7(18,19)5(15)16/h5-6H,1H2,2H3. The summed E-state index contributed by atoms with van der Waals surface area (Å²) in [6.07, 6.45) is -11.5. The van der Waals surface area contributed by atoms with Crippen molar-refractivity contribution in [1.29, 1.82) is 0 Å². The minimum atomic E-state index is -8.94. The molecule has 1 atom stereocenters. The molecule has 0 saturated heterocycles. The summed E-state index contributed by atoms with van der Waals surface area (Å²) in [6, 6.07) is 0. The third-order valence-corrected chi connectivity index (χ3v) is 3.93. The molecule has 21 heteroatoms. The van der Waals surface area contributed by atoms with Crippen LogP contribution in [0.3, 0.4) is 0 Å². The molecule has 0 aliphatic heterocycles. The molecule has 208 valence electrons. The molecule has 0 saturated carbocycles. The fraction of sp³-hybridized carbons (Fsp3) is 0.786. The van der Waals surface area contributed by atoms with Gasteiger partial charge in [0.25, 0.3) is 0 Å². The molecule has 0 bridgehead atoms. The number of ether oxygens (including phenoxy) is 1. The fourth-order valence-corrected chi connectivity index (χ4v) is 1.76. The highest BCUT2D eigenvalue weighted by Crippen LogP contribution is 2.64. The lowest BCUT2D eigenvalue weighted by Crippen LogP contribution is -2.75. The Bertz CT molecular complexity index is 814. The lowest BCUT2D eigenvalue weighted by atomic mass is 9.87. The van der Waals surface area contributed by atoms with Crippen molar-refractivity contribution in [2.45, 2.75) is 67.1 Å². The van der Waals surface area contributed by atoms with Crippen molar-refractivity contribution >= 4 is 5.97 Å². The number of carbonyl (C=O) groups excluding carboxylic acids is 1. The average Bonchev–Trinajstić information content (AvgIpc) is 2.66. The van der Waals surface area contributed by atoms with Crippen LogP contribution in [0.2, 0.25) is 0 Å². The van der Waals surface area contributed by atoms with E-state index in [1.807, 2.05) is 0 Å². The van der Waals surface area contributed by atoms with E-state index in [1.54, 1.807) is 0 Å². The molecule has 0 aromatic rings. The van der Waals surface area contributed by atoms with Crippen molar-refractivity contribution < 1.29 is 92.9 Å². The predicted molar refractivity (Wildman–Crippen MR) is 71.4 cm³/mol. The van der Waals surface area contributed by atoms with Gasteiger partial charge in [-0.15, -0.1) is 0 Å². The molecule has 2 nitrogen and oxygen atoms in total. The Labute approximate surface area is 179 Å². The van der Waals surface area contributed by atoms with E-state index in [0.29, 0.717) is 6.92 Å². The molecule has 0 spiro atoms. The maximum absolute atomic E-state index is 13.5. The van der Waals surface area contributed by atoms with Crippen LogP contribution in [0.5, 0.6) is 0 Å². The molecule has 0 aromatic carbocycles. The first-order valence-corrected chi connectivity index (χ1v) is 7.75. The summed E-state index contributed by atoms with van der Waals surface area (Å²) in [4.78, 5) is 10.8. The van der Waals surface area contributed by atoms with Crippen molar-refractivity contribution in [2.24, 2.45) is 0 Å². The Kier molecular flexibility index (Phi) is 8.24. The van der Waals surface area contributed by atoms with Gasteiger partial charge >= 0.3 is 66.1 Å². The van der Waals surface area contributed by atoms with Gasteiger partial charge in [-0.05, 0) is 6.92 Å². The predicted octanol–water partition coefficient (Wildman–Crippen LogP) is 6.75. The van der Waals surface area contributed by atoms with Gasteiger partial charge in [0.15, 0.2) is 0 Å². The van der Waals surface area contributed by atoms with E-state index in [0.717, 1.165) is 0 Å². The monoisotopic (exact) mass is 568 g/mol. The summed E-state index contributed by atoms with van der Waals surface area (Å²) in [5.74, 6) is -69.9. The van der Waals surface area contributed by atoms with E-state index in [2.05, 4.69) is 11.3 Å². The van der Waals surface area contributed by atoms with Crippen LogP contribution in [0.4, 0.5) is 83.4 Å². The fourth-order valence-electron chi connectivity index (χ4n) is 1.76. The van der Waals surface area contributed by atoms with Crippen LogP contribution >= 0.6 is 0 Å². The Morgan fingerprint density at radius 3 is 1.09 bits per heavy atom. The van der Waals surface area contributed by atoms with Crippen molar-refractivity contribution in [2.75, 3.05) is 0 Å². The highest BCUT2D eigenvalue weighted by molar-refractivity contribution is 5.87. The molecule has 0 amide bonds. The van der Waals surface area contributed by atoms with E-state index in [1.165, 1.54) is 0 Å². The average molecular weight is 568 g/mol. The van der Waals surface area contributed by atoms with E-state index < -0.39 is 71.7 Å². The molecule has 1 unspecified atom stereocenters. The van der Waals surface area contributed by atoms with Crippen LogP contribution in [0.1, 0.15) is 6.92 Å². The molecule has 0 aliphatic rings. The first-order valence-electron chi connectivity index (χ1n) is 7.75. The molecule has 0 rings (SSSR count). The zero-order valence-corrected chi connectivity index (χ0v) is 15.9. The van der Waals surface area contributed by atoms with E-state index in [9.17, 15) is 88.2 Å². The smallest absolute Gasteiger partial charge is 0.385 e. The minimum absolute atomic E-state index is 0.478. The molecule has 0 N–H and O–H groups in total. The first-order chi connectivity index (χ1) is 14.9. The van der Waals surface area contributed by atoms with Crippen molar-refractivity contribution in [3.05, 3.63) is 12.2 Å². The third-order valence-electron chi connectivity index (χ3n) is 3.93. The summed E-state index contributed by atoms with van der Waals surface area (Å²) in [6.45, 7) is 3.02. The third kappa shape index (κ3) is 4.35. The van der Waals surface area contributed by atoms with Gasteiger partial charge in [-0.3, -0.25) is 0 Å². The van der Waals surface area contributed by atoms with Gasteiger partial charge in [-0.2, -0.15) is 74.6 Å². The van der Waals surface area contributed by atoms with Crippen molar-refractivity contribution in [3.8, 4) is 0 Å². The second kappa shape index (κ2) is 8.77. The van der Waals surface area contributed by atoms with Gasteiger partial charge in [-0.25, -0.2) is 13.6 Å². The molecule has 0 fully saturated rings. The van der Waals surface area contributed by atoms with Gasteiger partial charge in [0.1, 0.15) is 0 Å². The van der Waals surface area contributed by atoms with Gasteiger partial charge < -0.3 is 4.74 Å². The molecular formula is C14H7F19O2. The zero-order chi connectivity index (χ0) is 29.0. The first kappa shape index (κ1) is 32.9. The van der Waals surface area contributed by atoms with E-state index >= 15 is 0 Å². The number of esters is 1. The summed E-state index contributed by atoms with van der Waals surface area (Å²) in [5.41, 5.74) is -1.14. The van der Waals surface area contributed by atoms with E-state index in [4.69, 9.17) is 0 Å². The number of alkyl halides is 19. The molecule has 0 aromatic heterocycles. The zero-order valence-electron chi connectivity index (χ0n) is 15.9. The highest BCUT2D eigenvalue weighted by atomic mass is 19.4. The van der Waals surface area contributed by atoms with Gasteiger partial charge in [0, 0.05) is 5.57 Å². The number of hydrogen-bond acceptors (Lipinski definition) is 2. The molecule has 0 heterocycles. The maximum Gasteiger partial charge on any atom is 0.385 e. The summed E-state index contributed by atoms with van der Waals surface area (Å²) in [7, 11) is 0. The number of carbonyl (C=O) groups is 1. The summed E-state index contributed by atoms with van der Waals surface area (Å²) in [5, 5.41) is 0. The highest BCUT2D eigenvalue weighted by Gasteiger charge is 2.96. The Hall–Kier alpha value is -2.12. The molecule has 0 aliphatic carbocycles. The van der Waals surface area contributed by atoms with Gasteiger partial charge in [-0.1, -0.05) is 6.58 Å². The van der Waals surface area contributed by atoms with Crippen LogP contribution in [0.15, 0.2) is 12.2 Å². The van der Waals surface area contributed by atoms with Crippen molar-refractivity contribution in [3.63, 3.8) is 0 Å². The van der Waals surface area contributed by atoms with Crippen molar-refractivity contribution in [1.82, 2.24) is 0 Å². The maximum atomic E-state index is 13.5. The van der Waals surface area contributed by atoms with Crippen LogP contribution in [0.25, 0.3) is 0 Å². The Morgan fingerprint density at radius 1 is 0.571 bits per heavy atom. The Balaban J connectivity index is 6.81. The molecule has 0 radical (unpaired) electrons. The normalized spacial score (nSPS) is 16.4. The minimum Gasteiger partial charge on any atom is -0.421 e. The quantitative estimate of drug-likeness (QED) is 0.157.